The number of thioether (sulfide) groups is 1. The second-order valence-corrected chi connectivity index (χ2v) is 6.16. The third-order valence-corrected chi connectivity index (χ3v) is 4.22. The van der Waals surface area contributed by atoms with Gasteiger partial charge in [0, 0.05) is 21.7 Å². The Hall–Kier alpha value is -0.960. The van der Waals surface area contributed by atoms with Crippen molar-refractivity contribution in [3.8, 4) is 0 Å². The minimum absolute atomic E-state index is 0.148. The van der Waals surface area contributed by atoms with E-state index in [1.54, 1.807) is 0 Å². The largest absolute Gasteiger partial charge is 0.328 e. The van der Waals surface area contributed by atoms with Gasteiger partial charge in [-0.3, -0.25) is 0 Å². The van der Waals surface area contributed by atoms with Gasteiger partial charge in [-0.15, -0.1) is 11.8 Å². The first kappa shape index (κ1) is 14.4. The lowest BCUT2D eigenvalue weighted by Crippen LogP contribution is -2.18. The number of hydrogen-bond donors (Lipinski definition) is 1. The van der Waals surface area contributed by atoms with Gasteiger partial charge in [-0.25, -0.2) is 0 Å². The molecule has 0 amide bonds. The molecule has 0 aromatic heterocycles. The smallest absolute Gasteiger partial charge is 0.0409 e. The molecule has 0 bridgehead atoms. The number of nitrogens with two attached hydrogens (primary N) is 1. The first-order valence-electron chi connectivity index (χ1n) is 6.36. The van der Waals surface area contributed by atoms with Crippen LogP contribution in [0.1, 0.15) is 18.1 Å². The van der Waals surface area contributed by atoms with Gasteiger partial charge < -0.3 is 5.73 Å². The highest BCUT2D eigenvalue weighted by molar-refractivity contribution is 7.98. The fraction of sp³-hybridized carbons (Fsp3) is 0.250. The van der Waals surface area contributed by atoms with Gasteiger partial charge in [0.1, 0.15) is 0 Å². The van der Waals surface area contributed by atoms with Crippen LogP contribution in [-0.4, -0.2) is 6.04 Å². The Labute approximate surface area is 124 Å². The van der Waals surface area contributed by atoms with E-state index in [-0.39, 0.29) is 6.04 Å². The fourth-order valence-electron chi connectivity index (χ4n) is 1.93. The van der Waals surface area contributed by atoms with E-state index in [1.165, 1.54) is 16.0 Å². The molecule has 0 heterocycles. The van der Waals surface area contributed by atoms with E-state index in [0.717, 1.165) is 17.2 Å². The van der Waals surface area contributed by atoms with Gasteiger partial charge in [-0.1, -0.05) is 41.9 Å². The van der Waals surface area contributed by atoms with Gasteiger partial charge in [0.15, 0.2) is 0 Å². The minimum atomic E-state index is 0.148. The highest BCUT2D eigenvalue weighted by atomic mass is 35.5. The van der Waals surface area contributed by atoms with Crippen LogP contribution in [0.3, 0.4) is 0 Å². The van der Waals surface area contributed by atoms with E-state index in [2.05, 4.69) is 30.3 Å². The molecule has 0 aliphatic heterocycles. The molecule has 1 unspecified atom stereocenters. The van der Waals surface area contributed by atoms with Crippen LogP contribution in [0.15, 0.2) is 53.4 Å². The molecule has 0 aliphatic rings. The predicted octanol–water partition coefficient (Wildman–Crippen LogP) is 4.52. The molecule has 0 aliphatic carbocycles. The van der Waals surface area contributed by atoms with E-state index in [0.29, 0.717) is 0 Å². The number of halogens is 1. The maximum absolute atomic E-state index is 6.07. The minimum Gasteiger partial charge on any atom is -0.328 e. The summed E-state index contributed by atoms with van der Waals surface area (Å²) in [6.07, 6.45) is 0.859. The molecule has 0 radical (unpaired) electrons. The van der Waals surface area contributed by atoms with Crippen LogP contribution in [0.4, 0.5) is 0 Å². The summed E-state index contributed by atoms with van der Waals surface area (Å²) in [6, 6.07) is 16.7. The second kappa shape index (κ2) is 6.99. The Bertz CT molecular complexity index is 526. The highest BCUT2D eigenvalue weighted by Gasteiger charge is 2.07. The normalized spacial score (nSPS) is 12.4. The molecule has 0 fully saturated rings. The molecule has 0 spiro atoms. The zero-order valence-electron chi connectivity index (χ0n) is 11.0. The molecule has 3 heteroatoms. The molecule has 0 saturated carbocycles. The summed E-state index contributed by atoms with van der Waals surface area (Å²) < 4.78 is 0. The molecular formula is C16H18ClNS. The lowest BCUT2D eigenvalue weighted by atomic mass is 10.1. The van der Waals surface area contributed by atoms with E-state index < -0.39 is 0 Å². The monoisotopic (exact) mass is 291 g/mol. The van der Waals surface area contributed by atoms with E-state index in [9.17, 15) is 0 Å². The third kappa shape index (κ3) is 4.57. The first-order chi connectivity index (χ1) is 9.15. The van der Waals surface area contributed by atoms with Gasteiger partial charge in [0.05, 0.1) is 0 Å². The van der Waals surface area contributed by atoms with Gasteiger partial charge in [0.25, 0.3) is 0 Å². The topological polar surface area (TPSA) is 26.0 Å². The highest BCUT2D eigenvalue weighted by Crippen LogP contribution is 2.29. The summed E-state index contributed by atoms with van der Waals surface area (Å²) in [5.41, 5.74) is 8.47. The molecule has 2 aromatic rings. The summed E-state index contributed by atoms with van der Waals surface area (Å²) in [7, 11) is 0. The zero-order valence-corrected chi connectivity index (χ0v) is 12.5. The average molecular weight is 292 g/mol. The van der Waals surface area contributed by atoms with Crippen LogP contribution < -0.4 is 5.73 Å². The number of benzene rings is 2. The van der Waals surface area contributed by atoms with Crippen LogP contribution in [0.25, 0.3) is 0 Å². The van der Waals surface area contributed by atoms with Crippen molar-refractivity contribution in [3.05, 3.63) is 64.7 Å². The Morgan fingerprint density at radius 2 is 1.89 bits per heavy atom. The fourth-order valence-corrected chi connectivity index (χ4v) is 3.13. The van der Waals surface area contributed by atoms with Crippen molar-refractivity contribution in [2.45, 2.75) is 30.0 Å². The van der Waals surface area contributed by atoms with Crippen LogP contribution in [0.5, 0.6) is 0 Å². The number of hydrogen-bond acceptors (Lipinski definition) is 2. The summed E-state index contributed by atoms with van der Waals surface area (Å²) in [5.74, 6) is 0.967. The Morgan fingerprint density at radius 3 is 2.58 bits per heavy atom. The van der Waals surface area contributed by atoms with Crippen molar-refractivity contribution in [2.24, 2.45) is 5.73 Å². The Balaban J connectivity index is 2.11. The Kier molecular flexibility index (Phi) is 5.32. The van der Waals surface area contributed by atoms with E-state index in [1.807, 2.05) is 36.9 Å². The molecule has 19 heavy (non-hydrogen) atoms. The third-order valence-electron chi connectivity index (χ3n) is 2.80. The molecule has 1 atom stereocenters. The van der Waals surface area contributed by atoms with Crippen molar-refractivity contribution in [2.75, 3.05) is 0 Å². The molecule has 0 saturated heterocycles. The van der Waals surface area contributed by atoms with Crippen molar-refractivity contribution in [1.82, 2.24) is 0 Å². The lowest BCUT2D eigenvalue weighted by Gasteiger charge is -2.12. The standard InChI is InChI=1S/C16H18ClNS/c1-12(18)9-14-10-15(17)7-8-16(14)19-11-13-5-3-2-4-6-13/h2-8,10,12H,9,11,18H2,1H3. The molecule has 2 rings (SSSR count). The quantitative estimate of drug-likeness (QED) is 0.820. The van der Waals surface area contributed by atoms with E-state index >= 15 is 0 Å². The van der Waals surface area contributed by atoms with Gasteiger partial charge in [0.2, 0.25) is 0 Å². The average Bonchev–Trinajstić information content (AvgIpc) is 2.38. The Morgan fingerprint density at radius 1 is 1.16 bits per heavy atom. The molecule has 2 N–H and O–H groups in total. The van der Waals surface area contributed by atoms with Crippen LogP contribution in [0.2, 0.25) is 5.02 Å². The summed E-state index contributed by atoms with van der Waals surface area (Å²) in [4.78, 5) is 1.27. The van der Waals surface area contributed by atoms with Crippen molar-refractivity contribution >= 4 is 23.4 Å². The molecular weight excluding hydrogens is 274 g/mol. The SMILES string of the molecule is CC(N)Cc1cc(Cl)ccc1SCc1ccccc1. The second-order valence-electron chi connectivity index (χ2n) is 4.71. The molecule has 100 valence electrons. The van der Waals surface area contributed by atoms with Crippen molar-refractivity contribution in [1.29, 1.82) is 0 Å². The molecule has 2 aromatic carbocycles. The van der Waals surface area contributed by atoms with Gasteiger partial charge in [-0.2, -0.15) is 0 Å². The summed E-state index contributed by atoms with van der Waals surface area (Å²) in [5, 5.41) is 0.778. The summed E-state index contributed by atoms with van der Waals surface area (Å²) in [6.45, 7) is 2.02. The van der Waals surface area contributed by atoms with E-state index in [4.69, 9.17) is 17.3 Å². The number of rotatable bonds is 5. The van der Waals surface area contributed by atoms with Crippen molar-refractivity contribution < 1.29 is 0 Å². The first-order valence-corrected chi connectivity index (χ1v) is 7.72. The van der Waals surface area contributed by atoms with Crippen molar-refractivity contribution in [3.63, 3.8) is 0 Å². The van der Waals surface area contributed by atoms with Gasteiger partial charge in [-0.05, 0) is 42.7 Å². The molecule has 1 nitrogen and oxygen atoms in total. The maximum atomic E-state index is 6.07. The van der Waals surface area contributed by atoms with Crippen LogP contribution in [-0.2, 0) is 12.2 Å². The summed E-state index contributed by atoms with van der Waals surface area (Å²) >= 11 is 7.90. The van der Waals surface area contributed by atoms with Crippen LogP contribution >= 0.6 is 23.4 Å². The lowest BCUT2D eigenvalue weighted by molar-refractivity contribution is 0.729. The maximum Gasteiger partial charge on any atom is 0.0409 e. The zero-order chi connectivity index (χ0) is 13.7. The predicted molar refractivity (Wildman–Crippen MR) is 84.8 cm³/mol. The van der Waals surface area contributed by atoms with Crippen LogP contribution in [0, 0.1) is 0 Å². The van der Waals surface area contributed by atoms with Gasteiger partial charge >= 0.3 is 0 Å².